The molecule has 0 radical (unpaired) electrons. The van der Waals surface area contributed by atoms with Crippen LogP contribution in [0.25, 0.3) is 0 Å². The van der Waals surface area contributed by atoms with Gasteiger partial charge in [0.15, 0.2) is 0 Å². The molecule has 1 aromatic rings. The highest BCUT2D eigenvalue weighted by molar-refractivity contribution is 5.43. The predicted octanol–water partition coefficient (Wildman–Crippen LogP) is 2.50. The van der Waals surface area contributed by atoms with Gasteiger partial charge < -0.3 is 11.2 Å². The maximum atomic E-state index is 5.53. The summed E-state index contributed by atoms with van der Waals surface area (Å²) >= 11 is 0. The third-order valence-corrected chi connectivity index (χ3v) is 1.53. The van der Waals surface area contributed by atoms with Crippen molar-refractivity contribution in [2.24, 2.45) is 0 Å². The van der Waals surface area contributed by atoms with Gasteiger partial charge in [-0.3, -0.25) is 0 Å². The topological polar surface area (TPSA) is 57.5 Å². The van der Waals surface area contributed by atoms with Gasteiger partial charge in [-0.2, -0.15) is 0 Å². The van der Waals surface area contributed by atoms with Crippen LogP contribution >= 0.6 is 0 Å². The van der Waals surface area contributed by atoms with Gasteiger partial charge in [-0.15, -0.1) is 13.2 Å². The lowest BCUT2D eigenvalue weighted by atomic mass is 10.1. The fourth-order valence-electron chi connectivity index (χ4n) is 0.765. The molecule has 76 valence electrons. The van der Waals surface area contributed by atoms with Gasteiger partial charge in [0, 0.05) is 5.69 Å². The summed E-state index contributed by atoms with van der Waals surface area (Å²) < 4.78 is 0. The lowest BCUT2D eigenvalue weighted by Gasteiger charge is -1.98. The van der Waals surface area contributed by atoms with E-state index in [1.54, 1.807) is 0 Å². The Bertz CT molecular complexity index is 234. The summed E-state index contributed by atoms with van der Waals surface area (Å²) in [5.74, 6) is 0. The van der Waals surface area contributed by atoms with E-state index in [0.717, 1.165) is 5.69 Å². The normalized spacial score (nSPS) is 6.92. The number of nitrogens with two attached hydrogens (primary N) is 1. The van der Waals surface area contributed by atoms with Gasteiger partial charge in [0.1, 0.15) is 0 Å². The van der Waals surface area contributed by atoms with Crippen molar-refractivity contribution in [3.05, 3.63) is 42.5 Å². The molecule has 4 N–H and O–H groups in total. The Morgan fingerprint density at radius 3 is 1.85 bits per heavy atom. The monoisotopic (exact) mass is 183 g/mol. The molecule has 0 aliphatic heterocycles. The maximum Gasteiger partial charge on any atom is 0.0316 e. The standard InChI is InChI=1S/C8H11N.C2H4.CH4.H2O/c1-6-3-4-8(9)5-7(6)2;1-2;;/h3-5H,9H2,1-2H3;1-2H2;1H4;1H2. The highest BCUT2D eigenvalue weighted by Gasteiger charge is 1.89. The molecule has 0 atom stereocenters. The van der Waals surface area contributed by atoms with Crippen LogP contribution in [0.5, 0.6) is 0 Å². The summed E-state index contributed by atoms with van der Waals surface area (Å²) in [5.41, 5.74) is 8.93. The largest absolute Gasteiger partial charge is 0.412 e. The smallest absolute Gasteiger partial charge is 0.0316 e. The predicted molar refractivity (Wildman–Crippen MR) is 61.9 cm³/mol. The SMILES string of the molecule is C.C=C.Cc1ccc(N)cc1C.O. The molecule has 0 heterocycles. The zero-order valence-electron chi connectivity index (χ0n) is 7.72. The van der Waals surface area contributed by atoms with Crippen molar-refractivity contribution >= 4 is 5.69 Å². The maximum absolute atomic E-state index is 5.53. The van der Waals surface area contributed by atoms with E-state index in [9.17, 15) is 0 Å². The number of hydrogen-bond acceptors (Lipinski definition) is 1. The summed E-state index contributed by atoms with van der Waals surface area (Å²) in [6.07, 6.45) is 0. The zero-order valence-corrected chi connectivity index (χ0v) is 7.72. The van der Waals surface area contributed by atoms with Crippen LogP contribution in [0.1, 0.15) is 18.6 Å². The Balaban J connectivity index is -0.000000234. The number of anilines is 1. The second kappa shape index (κ2) is 8.81. The molecular weight excluding hydrogens is 162 g/mol. The van der Waals surface area contributed by atoms with Gasteiger partial charge in [0.25, 0.3) is 0 Å². The Hall–Kier alpha value is -1.28. The van der Waals surface area contributed by atoms with Crippen LogP contribution in [0.4, 0.5) is 5.69 Å². The first kappa shape index (κ1) is 17.7. The molecule has 1 aromatic carbocycles. The third-order valence-electron chi connectivity index (χ3n) is 1.53. The van der Waals surface area contributed by atoms with Crippen LogP contribution < -0.4 is 5.73 Å². The van der Waals surface area contributed by atoms with Crippen molar-refractivity contribution in [3.8, 4) is 0 Å². The Labute approximate surface area is 81.4 Å². The number of nitrogen functional groups attached to an aromatic ring is 1. The van der Waals surface area contributed by atoms with Gasteiger partial charge in [-0.05, 0) is 37.1 Å². The number of rotatable bonds is 0. The highest BCUT2D eigenvalue weighted by atomic mass is 16.0. The van der Waals surface area contributed by atoms with Gasteiger partial charge in [-0.1, -0.05) is 13.5 Å². The minimum absolute atomic E-state index is 0. The molecule has 0 fully saturated rings. The van der Waals surface area contributed by atoms with Crippen LogP contribution in [0.3, 0.4) is 0 Å². The van der Waals surface area contributed by atoms with E-state index in [0.29, 0.717) is 0 Å². The van der Waals surface area contributed by atoms with Crippen molar-refractivity contribution in [3.63, 3.8) is 0 Å². The fourth-order valence-corrected chi connectivity index (χ4v) is 0.765. The molecule has 1 rings (SSSR count). The van der Waals surface area contributed by atoms with Crippen molar-refractivity contribution in [2.75, 3.05) is 5.73 Å². The second-order valence-electron chi connectivity index (χ2n) is 2.34. The average Bonchev–Trinajstić information content (AvgIpc) is 2.02. The molecule has 0 saturated heterocycles. The summed E-state index contributed by atoms with van der Waals surface area (Å²) in [6.45, 7) is 10.1. The van der Waals surface area contributed by atoms with Crippen LogP contribution in [0.15, 0.2) is 31.4 Å². The Kier molecular flexibility index (Phi) is 12.0. The molecule has 2 nitrogen and oxygen atoms in total. The van der Waals surface area contributed by atoms with E-state index in [4.69, 9.17) is 5.73 Å². The molecule has 0 aliphatic rings. The molecule has 0 spiro atoms. The fraction of sp³-hybridized carbons (Fsp3) is 0.273. The molecule has 0 bridgehead atoms. The lowest BCUT2D eigenvalue weighted by Crippen LogP contribution is -1.86. The molecule has 2 heteroatoms. The Morgan fingerprint density at radius 2 is 1.54 bits per heavy atom. The molecule has 0 aliphatic carbocycles. The number of benzene rings is 1. The quantitative estimate of drug-likeness (QED) is 0.487. The first-order chi connectivity index (χ1) is 5.20. The van der Waals surface area contributed by atoms with E-state index in [2.05, 4.69) is 27.0 Å². The number of hydrogen-bond donors (Lipinski definition) is 1. The lowest BCUT2D eigenvalue weighted by molar-refractivity contribution is 0.824. The van der Waals surface area contributed by atoms with E-state index in [-0.39, 0.29) is 12.9 Å². The van der Waals surface area contributed by atoms with Crippen molar-refractivity contribution in [1.82, 2.24) is 0 Å². The van der Waals surface area contributed by atoms with E-state index < -0.39 is 0 Å². The molecule has 0 amide bonds. The van der Waals surface area contributed by atoms with Crippen LogP contribution in [0, 0.1) is 13.8 Å². The molecule has 13 heavy (non-hydrogen) atoms. The van der Waals surface area contributed by atoms with Crippen LogP contribution in [-0.4, -0.2) is 5.48 Å². The molecule has 0 unspecified atom stereocenters. The summed E-state index contributed by atoms with van der Waals surface area (Å²) in [5, 5.41) is 0. The van der Waals surface area contributed by atoms with Crippen LogP contribution in [0.2, 0.25) is 0 Å². The average molecular weight is 183 g/mol. The second-order valence-corrected chi connectivity index (χ2v) is 2.34. The summed E-state index contributed by atoms with van der Waals surface area (Å²) in [7, 11) is 0. The van der Waals surface area contributed by atoms with E-state index in [1.165, 1.54) is 11.1 Å². The number of aryl methyl sites for hydroxylation is 2. The highest BCUT2D eigenvalue weighted by Crippen LogP contribution is 2.09. The van der Waals surface area contributed by atoms with E-state index >= 15 is 0 Å². The zero-order chi connectivity index (χ0) is 8.85. The summed E-state index contributed by atoms with van der Waals surface area (Å²) in [4.78, 5) is 0. The van der Waals surface area contributed by atoms with Gasteiger partial charge in [-0.25, -0.2) is 0 Å². The first-order valence-electron chi connectivity index (χ1n) is 3.53. The molecular formula is C11H21NO. The van der Waals surface area contributed by atoms with Crippen molar-refractivity contribution in [1.29, 1.82) is 0 Å². The Morgan fingerprint density at radius 1 is 1.08 bits per heavy atom. The van der Waals surface area contributed by atoms with Crippen LogP contribution in [-0.2, 0) is 0 Å². The van der Waals surface area contributed by atoms with Gasteiger partial charge in [0.05, 0.1) is 0 Å². The van der Waals surface area contributed by atoms with Crippen molar-refractivity contribution in [2.45, 2.75) is 21.3 Å². The molecule has 0 aromatic heterocycles. The third kappa shape index (κ3) is 5.93. The molecule has 0 saturated carbocycles. The van der Waals surface area contributed by atoms with Gasteiger partial charge >= 0.3 is 0 Å². The first-order valence-corrected chi connectivity index (χ1v) is 3.53. The summed E-state index contributed by atoms with van der Waals surface area (Å²) in [6, 6.07) is 5.93. The van der Waals surface area contributed by atoms with Crippen molar-refractivity contribution < 1.29 is 5.48 Å². The minimum atomic E-state index is 0. The van der Waals surface area contributed by atoms with Gasteiger partial charge in [0.2, 0.25) is 0 Å². The minimum Gasteiger partial charge on any atom is -0.412 e. The van der Waals surface area contributed by atoms with E-state index in [1.807, 2.05) is 18.2 Å².